The zero-order valence-corrected chi connectivity index (χ0v) is 21.7. The Labute approximate surface area is 203 Å². The Balaban J connectivity index is 0. The normalized spacial score (nSPS) is 11.2. The molecule has 0 fully saturated rings. The van der Waals surface area contributed by atoms with E-state index in [1.165, 1.54) is 6.42 Å². The molecular formula is C29H45NO3. The summed E-state index contributed by atoms with van der Waals surface area (Å²) in [5.41, 5.74) is 2.20. The van der Waals surface area contributed by atoms with Crippen molar-refractivity contribution in [3.05, 3.63) is 71.8 Å². The molecule has 1 amide bonds. The number of para-hydroxylation sites is 1. The molecule has 2 aromatic carbocycles. The lowest BCUT2D eigenvalue weighted by Gasteiger charge is -2.24. The summed E-state index contributed by atoms with van der Waals surface area (Å²) in [6.07, 6.45) is 1.80. The average Bonchev–Trinajstić information content (AvgIpc) is 2.66. The molecule has 0 unspecified atom stereocenters. The number of Topliss-reactive ketones (excluding diaryl/α,β-unsaturated/α-hetero) is 1. The monoisotopic (exact) mass is 455 g/mol. The van der Waals surface area contributed by atoms with Crippen molar-refractivity contribution in [2.75, 3.05) is 5.32 Å². The minimum Gasteiger partial charge on any atom is -0.488 e. The number of nitrogens with one attached hydrogen (secondary N) is 1. The average molecular weight is 456 g/mol. The Morgan fingerprint density at radius 1 is 0.909 bits per heavy atom. The standard InChI is InChI=1S/C26H33NO3.C3H8.2H2/c1-18(30-26(5,6)7)20-13-10-11-15-22(20)27-24(29)16-19-12-8-9-14-21(19)23(28)17-25(2,3)4;1-3-2;;/h8-15H,1,16-17H2,2-7H3,(H,27,29);3H2,1-2H3;2*1H. The van der Waals surface area contributed by atoms with Crippen molar-refractivity contribution in [1.29, 1.82) is 0 Å². The van der Waals surface area contributed by atoms with Gasteiger partial charge in [0.05, 0.1) is 12.1 Å². The Kier molecular flexibility index (Phi) is 10.6. The number of hydrogen-bond acceptors (Lipinski definition) is 3. The maximum atomic E-state index is 12.8. The van der Waals surface area contributed by atoms with Gasteiger partial charge in [-0.15, -0.1) is 0 Å². The topological polar surface area (TPSA) is 55.4 Å². The second-order valence-corrected chi connectivity index (χ2v) is 10.4. The molecular weight excluding hydrogens is 410 g/mol. The van der Waals surface area contributed by atoms with E-state index in [1.807, 2.05) is 84.0 Å². The summed E-state index contributed by atoms with van der Waals surface area (Å²) in [7, 11) is 0. The smallest absolute Gasteiger partial charge is 0.228 e. The molecule has 184 valence electrons. The summed E-state index contributed by atoms with van der Waals surface area (Å²) in [4.78, 5) is 25.5. The van der Waals surface area contributed by atoms with Gasteiger partial charge in [-0.3, -0.25) is 9.59 Å². The van der Waals surface area contributed by atoms with Crippen molar-refractivity contribution in [3.63, 3.8) is 0 Å². The molecule has 1 N–H and O–H groups in total. The lowest BCUT2D eigenvalue weighted by molar-refractivity contribution is -0.115. The van der Waals surface area contributed by atoms with E-state index in [0.29, 0.717) is 23.4 Å². The van der Waals surface area contributed by atoms with Gasteiger partial charge < -0.3 is 10.1 Å². The van der Waals surface area contributed by atoms with Crippen LogP contribution in [0.2, 0.25) is 0 Å². The lowest BCUT2D eigenvalue weighted by Crippen LogP contribution is -2.20. The Morgan fingerprint density at radius 3 is 1.97 bits per heavy atom. The first kappa shape index (κ1) is 28.2. The van der Waals surface area contributed by atoms with Gasteiger partial charge >= 0.3 is 0 Å². The molecule has 0 aromatic heterocycles. The summed E-state index contributed by atoms with van der Waals surface area (Å²) in [6, 6.07) is 14.7. The van der Waals surface area contributed by atoms with Crippen molar-refractivity contribution >= 4 is 23.1 Å². The second kappa shape index (κ2) is 12.4. The van der Waals surface area contributed by atoms with Gasteiger partial charge in [-0.25, -0.2) is 0 Å². The molecule has 0 aliphatic heterocycles. The van der Waals surface area contributed by atoms with E-state index in [4.69, 9.17) is 4.74 Å². The number of ether oxygens (including phenoxy) is 1. The van der Waals surface area contributed by atoms with E-state index in [0.717, 1.165) is 11.1 Å². The van der Waals surface area contributed by atoms with E-state index in [9.17, 15) is 9.59 Å². The zero-order chi connectivity index (χ0) is 25.2. The summed E-state index contributed by atoms with van der Waals surface area (Å²) >= 11 is 0. The van der Waals surface area contributed by atoms with Crippen LogP contribution in [0.15, 0.2) is 55.1 Å². The number of anilines is 1. The van der Waals surface area contributed by atoms with Crippen LogP contribution in [0.3, 0.4) is 0 Å². The largest absolute Gasteiger partial charge is 0.488 e. The fourth-order valence-corrected chi connectivity index (χ4v) is 3.15. The number of hydrogen-bond donors (Lipinski definition) is 1. The summed E-state index contributed by atoms with van der Waals surface area (Å²) in [5, 5.41) is 2.95. The number of carbonyl (C=O) groups is 2. The van der Waals surface area contributed by atoms with Gasteiger partial charge in [0.1, 0.15) is 11.4 Å². The van der Waals surface area contributed by atoms with Crippen LogP contribution >= 0.6 is 0 Å². The van der Waals surface area contributed by atoms with Gasteiger partial charge in [0.15, 0.2) is 5.78 Å². The first-order valence-corrected chi connectivity index (χ1v) is 11.7. The van der Waals surface area contributed by atoms with Crippen LogP contribution < -0.4 is 5.32 Å². The van der Waals surface area contributed by atoms with Crippen molar-refractivity contribution < 1.29 is 17.2 Å². The first-order chi connectivity index (χ1) is 15.3. The van der Waals surface area contributed by atoms with Crippen LogP contribution in [-0.2, 0) is 16.0 Å². The molecule has 0 radical (unpaired) electrons. The predicted molar refractivity (Wildman–Crippen MR) is 144 cm³/mol. The maximum absolute atomic E-state index is 12.8. The molecule has 2 aromatic rings. The van der Waals surface area contributed by atoms with Gasteiger partial charge in [0.25, 0.3) is 0 Å². The van der Waals surface area contributed by atoms with Gasteiger partial charge in [0, 0.05) is 20.4 Å². The minimum atomic E-state index is -0.388. The van der Waals surface area contributed by atoms with Crippen LogP contribution in [0, 0.1) is 5.41 Å². The lowest BCUT2D eigenvalue weighted by atomic mass is 9.86. The number of amides is 1. The highest BCUT2D eigenvalue weighted by Crippen LogP contribution is 2.28. The number of benzene rings is 2. The van der Waals surface area contributed by atoms with Crippen LogP contribution in [0.1, 0.15) is 92.6 Å². The highest BCUT2D eigenvalue weighted by molar-refractivity contribution is 6.01. The molecule has 4 heteroatoms. The summed E-state index contributed by atoms with van der Waals surface area (Å²) in [6.45, 7) is 20.2. The quantitative estimate of drug-likeness (QED) is 0.338. The Morgan fingerprint density at radius 2 is 1.42 bits per heavy atom. The number of ketones is 1. The zero-order valence-electron chi connectivity index (χ0n) is 21.7. The van der Waals surface area contributed by atoms with Crippen LogP contribution in [0.5, 0.6) is 0 Å². The molecule has 0 aliphatic rings. The molecule has 0 bridgehead atoms. The van der Waals surface area contributed by atoms with Gasteiger partial charge in [-0.1, -0.05) is 84.0 Å². The Hall–Kier alpha value is -2.88. The third-order valence-electron chi connectivity index (χ3n) is 4.29. The van der Waals surface area contributed by atoms with Gasteiger partial charge in [0.2, 0.25) is 5.91 Å². The number of carbonyl (C=O) groups excluding carboxylic acids is 2. The highest BCUT2D eigenvalue weighted by atomic mass is 16.5. The first-order valence-electron chi connectivity index (χ1n) is 11.7. The third kappa shape index (κ3) is 10.5. The molecule has 0 saturated heterocycles. The van der Waals surface area contributed by atoms with E-state index in [-0.39, 0.29) is 32.0 Å². The highest BCUT2D eigenvalue weighted by Gasteiger charge is 2.21. The van der Waals surface area contributed by atoms with Crippen molar-refractivity contribution in [1.82, 2.24) is 0 Å². The fourth-order valence-electron chi connectivity index (χ4n) is 3.15. The summed E-state index contributed by atoms with van der Waals surface area (Å²) < 4.78 is 5.87. The van der Waals surface area contributed by atoms with E-state index >= 15 is 0 Å². The van der Waals surface area contributed by atoms with E-state index < -0.39 is 0 Å². The molecule has 33 heavy (non-hydrogen) atoms. The number of rotatable bonds is 7. The van der Waals surface area contributed by atoms with E-state index in [1.54, 1.807) is 6.07 Å². The molecule has 4 nitrogen and oxygen atoms in total. The van der Waals surface area contributed by atoms with Crippen LogP contribution in [0.25, 0.3) is 5.76 Å². The molecule has 0 saturated carbocycles. The van der Waals surface area contributed by atoms with Crippen molar-refractivity contribution in [2.45, 2.75) is 80.3 Å². The SMILES string of the molecule is C=C(OC(C)(C)C)c1ccccc1NC(=O)Cc1ccccc1C(=O)CC(C)(C)C.CCC.[HH].[HH]. The minimum absolute atomic E-state index is 0. The molecule has 0 heterocycles. The molecule has 2 rings (SSSR count). The van der Waals surface area contributed by atoms with E-state index in [2.05, 4.69) is 25.7 Å². The molecule has 0 aliphatic carbocycles. The third-order valence-corrected chi connectivity index (χ3v) is 4.29. The van der Waals surface area contributed by atoms with Crippen molar-refractivity contribution in [2.24, 2.45) is 5.41 Å². The van der Waals surface area contributed by atoms with Gasteiger partial charge in [-0.2, -0.15) is 0 Å². The Bertz CT molecular complexity index is 881. The predicted octanol–water partition coefficient (Wildman–Crippen LogP) is 8.18. The van der Waals surface area contributed by atoms with Crippen molar-refractivity contribution in [3.8, 4) is 0 Å². The second-order valence-electron chi connectivity index (χ2n) is 10.4. The molecule has 0 spiro atoms. The van der Waals surface area contributed by atoms with Crippen LogP contribution in [-0.4, -0.2) is 17.3 Å². The summed E-state index contributed by atoms with van der Waals surface area (Å²) in [5.74, 6) is 0.361. The van der Waals surface area contributed by atoms with Crippen LogP contribution in [0.4, 0.5) is 5.69 Å². The fraction of sp³-hybridized carbons (Fsp3) is 0.448. The molecule has 0 atom stereocenters. The maximum Gasteiger partial charge on any atom is 0.228 e. The van der Waals surface area contributed by atoms with Gasteiger partial charge in [-0.05, 0) is 43.9 Å².